The van der Waals surface area contributed by atoms with Crippen LogP contribution in [0.2, 0.25) is 0 Å². The number of carbonyl (C=O) groups excluding carboxylic acids is 2. The number of amides is 2. The van der Waals surface area contributed by atoms with Gasteiger partial charge in [0, 0.05) is 49.8 Å². The summed E-state index contributed by atoms with van der Waals surface area (Å²) in [4.78, 5) is 46.1. The van der Waals surface area contributed by atoms with Crippen LogP contribution >= 0.6 is 0 Å². The maximum atomic E-state index is 15.1. The summed E-state index contributed by atoms with van der Waals surface area (Å²) < 4.78 is 26.3. The highest BCUT2D eigenvalue weighted by Gasteiger charge is 2.65. The van der Waals surface area contributed by atoms with Crippen LogP contribution in [0.25, 0.3) is 10.8 Å². The third-order valence-electron chi connectivity index (χ3n) is 12.5. The van der Waals surface area contributed by atoms with Gasteiger partial charge in [-0.2, -0.15) is 0 Å². The Labute approximate surface area is 372 Å². The summed E-state index contributed by atoms with van der Waals surface area (Å²) in [5.74, 6) is -1.83. The number of nitrogens with one attached hydrogen (secondary N) is 1. The lowest BCUT2D eigenvalue weighted by Crippen LogP contribution is -2.70. The lowest BCUT2D eigenvalue weighted by molar-refractivity contribution is -0.384. The van der Waals surface area contributed by atoms with Crippen molar-refractivity contribution < 1.29 is 48.5 Å². The number of carbonyl (C=O) groups is 2. The van der Waals surface area contributed by atoms with E-state index in [9.17, 15) is 25.1 Å². The number of nitrogens with zero attached hydrogens (tertiary/aromatic N) is 3. The van der Waals surface area contributed by atoms with E-state index in [1.807, 2.05) is 48.5 Å². The van der Waals surface area contributed by atoms with Crippen molar-refractivity contribution in [2.24, 2.45) is 22.9 Å². The highest BCUT2D eigenvalue weighted by atomic mass is 16.7. The summed E-state index contributed by atoms with van der Waals surface area (Å²) in [6, 6.07) is 23.4. The van der Waals surface area contributed by atoms with E-state index in [0.29, 0.717) is 49.4 Å². The third-order valence-corrected chi connectivity index (χ3v) is 12.5. The molecule has 3 aliphatic rings. The second kappa shape index (κ2) is 20.9. The molecule has 0 bridgehead atoms. The molecule has 64 heavy (non-hydrogen) atoms. The molecule has 1 heterocycles. The first-order valence-electron chi connectivity index (χ1n) is 21.9. The largest absolute Gasteiger partial charge is 0.459 e. The van der Waals surface area contributed by atoms with Crippen molar-refractivity contribution in [3.63, 3.8) is 0 Å². The molecule has 7 rings (SSSR count). The van der Waals surface area contributed by atoms with Crippen molar-refractivity contribution in [2.75, 3.05) is 33.5 Å². The highest BCUT2D eigenvalue weighted by Crippen LogP contribution is 2.62. The molecule has 338 valence electrons. The number of allylic oxidation sites excluding steroid dienone is 1. The standard InChI is InChI=1S/C49H56N4O11/c1-4-27-61-49-44(52(31-34-16-12-15-32-13-6-7-17-38(32)34)48(57)63-36-21-19-35(20-22-36)53(58)59)30-42(51-60-3)40-28-33(14-8-10-25-54)39(18-9-11-26-55)45(46(40)49)41-29-37(23-24-43(41)64-49)62-47(56)50-5-2/h4,6-7,12-13,15-17,19-24,28-29,33,39,44-46,54-55H,1,5,8-11,14,18,25-27,30-31H2,2-3H3,(H,50,56). The number of unbranched alkanes of at least 4 members (excludes halogenated alkanes) is 2. The Morgan fingerprint density at radius 1 is 0.984 bits per heavy atom. The van der Waals surface area contributed by atoms with E-state index in [4.69, 9.17) is 23.8 Å². The minimum atomic E-state index is -1.61. The molecule has 15 heteroatoms. The highest BCUT2D eigenvalue weighted by molar-refractivity contribution is 6.03. The van der Waals surface area contributed by atoms with E-state index in [1.165, 1.54) is 31.4 Å². The van der Waals surface area contributed by atoms with Gasteiger partial charge in [0.2, 0.25) is 5.79 Å². The van der Waals surface area contributed by atoms with E-state index >= 15 is 4.79 Å². The van der Waals surface area contributed by atoms with Crippen LogP contribution in [0.5, 0.6) is 17.2 Å². The molecule has 6 atom stereocenters. The van der Waals surface area contributed by atoms with E-state index in [1.54, 1.807) is 30.0 Å². The first-order chi connectivity index (χ1) is 31.2. The number of fused-ring (bicyclic) bond motifs is 3. The second-order valence-electron chi connectivity index (χ2n) is 16.3. The second-order valence-corrected chi connectivity index (χ2v) is 16.3. The fourth-order valence-corrected chi connectivity index (χ4v) is 9.82. The molecule has 0 radical (unpaired) electrons. The number of benzene rings is 4. The van der Waals surface area contributed by atoms with Crippen molar-refractivity contribution in [3.8, 4) is 17.2 Å². The Balaban J connectivity index is 1.46. The average Bonchev–Trinajstić information content (AvgIpc) is 3.29. The number of rotatable bonds is 19. The summed E-state index contributed by atoms with van der Waals surface area (Å²) in [5.41, 5.74) is 2.85. The lowest BCUT2D eigenvalue weighted by Gasteiger charge is -2.59. The summed E-state index contributed by atoms with van der Waals surface area (Å²) in [7, 11) is 1.48. The minimum absolute atomic E-state index is 0.0185. The quantitative estimate of drug-likeness (QED) is 0.0353. The summed E-state index contributed by atoms with van der Waals surface area (Å²) in [6.07, 6.45) is 6.74. The van der Waals surface area contributed by atoms with Crippen LogP contribution in [-0.4, -0.2) is 83.2 Å². The van der Waals surface area contributed by atoms with Gasteiger partial charge in [-0.1, -0.05) is 72.6 Å². The number of aliphatic hydroxyl groups excluding tert-OH is 2. The number of nitro benzene ring substituents is 1. The van der Waals surface area contributed by atoms with Crippen LogP contribution in [0.4, 0.5) is 15.3 Å². The summed E-state index contributed by atoms with van der Waals surface area (Å²) in [5, 5.41) is 40.6. The number of oxime groups is 1. The zero-order valence-corrected chi connectivity index (χ0v) is 36.2. The third kappa shape index (κ3) is 9.61. The predicted molar refractivity (Wildman–Crippen MR) is 240 cm³/mol. The average molecular weight is 877 g/mol. The van der Waals surface area contributed by atoms with Gasteiger partial charge in [0.25, 0.3) is 5.69 Å². The summed E-state index contributed by atoms with van der Waals surface area (Å²) in [6.45, 7) is 6.34. The molecule has 2 aliphatic carbocycles. The first-order valence-corrected chi connectivity index (χ1v) is 21.9. The van der Waals surface area contributed by atoms with Gasteiger partial charge in [-0.15, -0.1) is 6.58 Å². The number of hydrogen-bond donors (Lipinski definition) is 3. The molecule has 1 fully saturated rings. The molecule has 3 N–H and O–H groups in total. The molecule has 0 saturated heterocycles. The van der Waals surface area contributed by atoms with Crippen LogP contribution in [0.1, 0.15) is 68.9 Å². The van der Waals surface area contributed by atoms with Gasteiger partial charge < -0.3 is 39.3 Å². The number of ether oxygens (including phenoxy) is 4. The molecule has 1 aliphatic heterocycles. The van der Waals surface area contributed by atoms with Gasteiger partial charge in [0.05, 0.1) is 29.7 Å². The Hall–Kier alpha value is -6.29. The number of hydrogen-bond acceptors (Lipinski definition) is 12. The van der Waals surface area contributed by atoms with Gasteiger partial charge in [0.1, 0.15) is 30.4 Å². The van der Waals surface area contributed by atoms with Gasteiger partial charge >= 0.3 is 12.2 Å². The lowest BCUT2D eigenvalue weighted by atomic mass is 9.55. The maximum Gasteiger partial charge on any atom is 0.416 e. The Morgan fingerprint density at radius 3 is 2.44 bits per heavy atom. The van der Waals surface area contributed by atoms with Crippen LogP contribution in [0, 0.1) is 27.9 Å². The zero-order valence-electron chi connectivity index (χ0n) is 36.2. The predicted octanol–water partition coefficient (Wildman–Crippen LogP) is 8.82. The molecule has 1 saturated carbocycles. The van der Waals surface area contributed by atoms with Gasteiger partial charge in [-0.05, 0) is 96.7 Å². The van der Waals surface area contributed by atoms with Crippen molar-refractivity contribution in [3.05, 3.63) is 130 Å². The van der Waals surface area contributed by atoms with Crippen molar-refractivity contribution in [1.29, 1.82) is 0 Å². The molecule has 15 nitrogen and oxygen atoms in total. The fourth-order valence-electron chi connectivity index (χ4n) is 9.82. The SMILES string of the molecule is C=CCOC12Oc3ccc(OC(=O)NCC)cc3C3C(CCCCO)C(CCCCO)C=C(C(=NOC)CC1N(Cc1cccc4ccccc14)C(=O)Oc1ccc([N+](=O)[O-])cc1)C32. The van der Waals surface area contributed by atoms with Crippen molar-refractivity contribution in [1.82, 2.24) is 10.2 Å². The number of nitro groups is 1. The van der Waals surface area contributed by atoms with Gasteiger partial charge in [-0.3, -0.25) is 15.0 Å². The Morgan fingerprint density at radius 2 is 1.72 bits per heavy atom. The van der Waals surface area contributed by atoms with Crippen LogP contribution < -0.4 is 19.5 Å². The van der Waals surface area contributed by atoms with Crippen LogP contribution in [0.3, 0.4) is 0 Å². The number of aliphatic hydroxyl groups is 2. The molecule has 0 spiro atoms. The minimum Gasteiger partial charge on any atom is -0.459 e. The molecule has 2 amide bonds. The monoisotopic (exact) mass is 876 g/mol. The number of non-ortho nitro benzene ring substituents is 1. The van der Waals surface area contributed by atoms with Crippen LogP contribution in [-0.2, 0) is 16.1 Å². The summed E-state index contributed by atoms with van der Waals surface area (Å²) >= 11 is 0. The Kier molecular flexibility index (Phi) is 15.0. The van der Waals surface area contributed by atoms with E-state index in [0.717, 1.165) is 40.3 Å². The van der Waals surface area contributed by atoms with Crippen LogP contribution in [0.15, 0.2) is 114 Å². The van der Waals surface area contributed by atoms with Crippen molar-refractivity contribution in [2.45, 2.75) is 76.2 Å². The molecular weight excluding hydrogens is 821 g/mol. The first kappa shape index (κ1) is 45.7. The molecule has 6 unspecified atom stereocenters. The zero-order chi connectivity index (χ0) is 45.2. The molecule has 0 aromatic heterocycles. The molecule has 4 aromatic carbocycles. The molecule has 4 aromatic rings. The van der Waals surface area contributed by atoms with E-state index < -0.39 is 34.9 Å². The Bertz CT molecular complexity index is 2360. The van der Waals surface area contributed by atoms with Crippen molar-refractivity contribution >= 4 is 34.4 Å². The normalized spacial score (nSPS) is 22.6. The smallest absolute Gasteiger partial charge is 0.416 e. The van der Waals surface area contributed by atoms with E-state index in [2.05, 4.69) is 23.1 Å². The van der Waals surface area contributed by atoms with Gasteiger partial charge in [-0.25, -0.2) is 9.59 Å². The maximum absolute atomic E-state index is 15.1. The molecular formula is C49H56N4O11. The van der Waals surface area contributed by atoms with E-state index in [-0.39, 0.29) is 62.0 Å². The fraction of sp³-hybridized carbons (Fsp3) is 0.408. The van der Waals surface area contributed by atoms with Gasteiger partial charge in [0.15, 0.2) is 0 Å². The topological polar surface area (TPSA) is 192 Å².